The lowest BCUT2D eigenvalue weighted by atomic mass is 9.90. The first-order valence-electron chi connectivity index (χ1n) is 44.5. The van der Waals surface area contributed by atoms with Crippen molar-refractivity contribution in [3.05, 3.63) is 214 Å². The molecule has 0 aliphatic carbocycles. The highest BCUT2D eigenvalue weighted by atomic mass is 19.4. The van der Waals surface area contributed by atoms with Gasteiger partial charge in [-0.15, -0.1) is 0 Å². The molecule has 9 amide bonds. The average molecular weight is 1970 g/mol. The number of carbonyl (C=O) groups excluding carboxylic acids is 10. The predicted octanol–water partition coefficient (Wildman–Crippen LogP) is 19.2. The number of rotatable bonds is 25. The minimum atomic E-state index is -4.48. The number of amides is 9. The summed E-state index contributed by atoms with van der Waals surface area (Å²) in [6.07, 6.45) is -14.9. The molecule has 31 nitrogen and oxygen atoms in total. The lowest BCUT2D eigenvalue weighted by Crippen LogP contribution is -2.41. The first-order valence-corrected chi connectivity index (χ1v) is 44.5. The standard InChI is InChI=1S/C20H22F3N3O4.C20H21F3N2O4.C19H20F3N3O3.C19H22FN3O3.C18H18F3N3O3/c1-4-29-19(2,3)15-11-16(30-25-15)24-18(28)14-9-10-17(27)26(14)13-7-5-12(6-8-13)20(21,22)23;1-19(2,11-26)17-10-14(29-24-17)9-16(27)15-7-8-18(28)25(15)13-5-3-12(4-6-13)20(21,22)23;1-3-11(2)14-10-16(28-24-14)23-18(27)15-8-9-17(26)25(15)13-6-4-12(5-7-13)19(20,21)22;1-19(2,3)15-10-16(26-22-15)21-18(25)14-8-9-17(24)23(14)13-6-4-12(11-20)5-7-13;1-10(2)13-9-15(27-23-13)22-17(26)14-7-8-16(25)24(14)12-5-3-11(4-6-12)18(19,20)21/h5-8,11,14H,4,9-10H2,1-3H3,(H,24,28);3-6,10,15,26H,7-9,11H2,1-2H3;4-7,10-11,15H,3,8-9H2,1-2H3,(H,23,27);4-7,10,14H,8-9,11H2,1-3H3,(H,21,25);3-6,9-10,14H,7-8H2,1-2H3,(H,22,26)/t14-;15-;11?,15-;2*14-/m00000/s1. The third-order valence-electron chi connectivity index (χ3n) is 23.6. The van der Waals surface area contributed by atoms with Gasteiger partial charge in [-0.3, -0.25) is 88.8 Å². The van der Waals surface area contributed by atoms with Gasteiger partial charge in [-0.1, -0.05) is 100 Å². The Hall–Kier alpha value is -13.9. The number of nitrogens with one attached hydrogen (secondary N) is 4. The quantitative estimate of drug-likeness (QED) is 0.0332. The van der Waals surface area contributed by atoms with Crippen LogP contribution < -0.4 is 45.8 Å². The molecule has 5 N–H and O–H groups in total. The molecule has 140 heavy (non-hydrogen) atoms. The topological polar surface area (TPSA) is 395 Å². The second-order valence-corrected chi connectivity index (χ2v) is 35.9. The van der Waals surface area contributed by atoms with Gasteiger partial charge in [0.25, 0.3) is 0 Å². The fourth-order valence-corrected chi connectivity index (χ4v) is 15.4. The molecule has 0 saturated carbocycles. The van der Waals surface area contributed by atoms with Gasteiger partial charge in [0.1, 0.15) is 47.9 Å². The molecule has 5 aliphatic rings. The molecular weight excluding hydrogens is 1870 g/mol. The summed E-state index contributed by atoms with van der Waals surface area (Å²) < 4.78 is 197. The number of hydrogen-bond acceptors (Lipinski definition) is 22. The van der Waals surface area contributed by atoms with E-state index in [2.05, 4.69) is 47.1 Å². The zero-order valence-corrected chi connectivity index (χ0v) is 77.9. The van der Waals surface area contributed by atoms with Crippen LogP contribution in [0.1, 0.15) is 228 Å². The summed E-state index contributed by atoms with van der Waals surface area (Å²) in [5.74, 6) is -2.25. The molecule has 5 aromatic carbocycles. The summed E-state index contributed by atoms with van der Waals surface area (Å²) in [7, 11) is 0. The molecule has 5 saturated heterocycles. The van der Waals surface area contributed by atoms with Gasteiger partial charge in [-0.2, -0.15) is 52.7 Å². The molecule has 5 fully saturated rings. The van der Waals surface area contributed by atoms with Crippen molar-refractivity contribution in [2.24, 2.45) is 0 Å². The molecule has 5 aliphatic heterocycles. The summed E-state index contributed by atoms with van der Waals surface area (Å²) in [5, 5.41) is 39.4. The van der Waals surface area contributed by atoms with Crippen molar-refractivity contribution in [2.45, 2.75) is 250 Å². The number of aliphatic hydroxyl groups is 1. The third-order valence-corrected chi connectivity index (χ3v) is 23.6. The lowest BCUT2D eigenvalue weighted by molar-refractivity contribution is -0.138. The molecule has 6 atom stereocenters. The van der Waals surface area contributed by atoms with E-state index in [1.54, 1.807) is 62.4 Å². The van der Waals surface area contributed by atoms with E-state index in [0.29, 0.717) is 52.8 Å². The fourth-order valence-electron chi connectivity index (χ4n) is 15.4. The van der Waals surface area contributed by atoms with Crippen LogP contribution in [-0.4, -0.2) is 133 Å². The minimum absolute atomic E-state index is 0.0921. The molecule has 0 bridgehead atoms. The Balaban J connectivity index is 0.000000168. The number of nitrogens with zero attached hydrogens (tertiary/aromatic N) is 10. The van der Waals surface area contributed by atoms with Crippen LogP contribution in [0.4, 0.5) is 109 Å². The Morgan fingerprint density at radius 3 is 0.993 bits per heavy atom. The van der Waals surface area contributed by atoms with Crippen LogP contribution in [0.5, 0.6) is 0 Å². The number of ether oxygens (including phenoxy) is 1. The summed E-state index contributed by atoms with van der Waals surface area (Å²) in [5.41, 5.74) is 0.353. The van der Waals surface area contributed by atoms with Gasteiger partial charge in [0.05, 0.1) is 64.1 Å². The number of aliphatic hydroxyl groups excluding tert-OH is 1. The Labute approximate surface area is 793 Å². The summed E-state index contributed by atoms with van der Waals surface area (Å²) in [4.78, 5) is 131. The van der Waals surface area contributed by atoms with Crippen molar-refractivity contribution >= 4 is 111 Å². The van der Waals surface area contributed by atoms with Crippen LogP contribution in [0.2, 0.25) is 0 Å². The molecule has 10 heterocycles. The number of hydrogen-bond donors (Lipinski definition) is 5. The number of aromatic nitrogens is 5. The maximum absolute atomic E-state index is 12.8. The van der Waals surface area contributed by atoms with Crippen molar-refractivity contribution in [1.29, 1.82) is 0 Å². The Kier molecular flexibility index (Phi) is 33.5. The Bertz CT molecular complexity index is 6020. The monoisotopic (exact) mass is 1970 g/mol. The zero-order chi connectivity index (χ0) is 103. The summed E-state index contributed by atoms with van der Waals surface area (Å²) >= 11 is 0. The van der Waals surface area contributed by atoms with Gasteiger partial charge in [0.15, 0.2) is 5.78 Å². The highest BCUT2D eigenvalue weighted by Crippen LogP contribution is 2.41. The van der Waals surface area contributed by atoms with Crippen LogP contribution in [0.25, 0.3) is 0 Å². The van der Waals surface area contributed by atoms with Crippen LogP contribution in [0, 0.1) is 0 Å². The first-order chi connectivity index (χ1) is 65.7. The van der Waals surface area contributed by atoms with Gasteiger partial charge >= 0.3 is 24.7 Å². The Morgan fingerprint density at radius 2 is 0.693 bits per heavy atom. The second-order valence-electron chi connectivity index (χ2n) is 35.9. The summed E-state index contributed by atoms with van der Waals surface area (Å²) in [6.45, 7) is 22.6. The molecule has 0 spiro atoms. The zero-order valence-electron chi connectivity index (χ0n) is 77.9. The van der Waals surface area contributed by atoms with E-state index in [9.17, 15) is 110 Å². The average Bonchev–Trinajstić information content (AvgIpc) is 1.86. The van der Waals surface area contributed by atoms with Gasteiger partial charge in [0, 0.05) is 114 Å². The van der Waals surface area contributed by atoms with E-state index in [-0.39, 0.29) is 176 Å². The molecule has 44 heteroatoms. The van der Waals surface area contributed by atoms with E-state index in [4.69, 9.17) is 27.4 Å². The molecule has 5 aromatic heterocycles. The van der Waals surface area contributed by atoms with Gasteiger partial charge < -0.3 is 37.4 Å². The van der Waals surface area contributed by atoms with Crippen LogP contribution in [-0.2, 0) is 107 Å². The number of carbonyl (C=O) groups is 10. The van der Waals surface area contributed by atoms with Crippen LogP contribution in [0.3, 0.4) is 0 Å². The minimum Gasteiger partial charge on any atom is -0.395 e. The van der Waals surface area contributed by atoms with E-state index in [0.717, 1.165) is 60.6 Å². The smallest absolute Gasteiger partial charge is 0.395 e. The number of alkyl halides is 13. The molecule has 1 unspecified atom stereocenters. The SMILES string of the molecule is CC(C)(C)c1cc(NC(=O)[C@@H]2CCC(=O)N2c2ccc(CF)cc2)on1.CC(C)(CO)c1cc(CC(=O)[C@@H]2CCC(=O)N2c2ccc(C(F)(F)F)cc2)on1.CC(C)c1cc(NC(=O)[C@@H]2CCC(=O)N2c2ccc(C(F)(F)F)cc2)on1.CCC(C)c1cc(NC(=O)[C@@H]2CCC(=O)N2c2ccc(C(F)(F)F)cc2)on1.CCOC(C)(C)c1cc(NC(=O)[C@@H]2CCC(=O)N2c2ccc(C(F)(F)F)cc2)on1. The maximum atomic E-state index is 12.8. The van der Waals surface area contributed by atoms with Gasteiger partial charge in [0.2, 0.25) is 76.7 Å². The summed E-state index contributed by atoms with van der Waals surface area (Å²) in [6, 6.07) is 27.3. The van der Waals surface area contributed by atoms with Crippen molar-refractivity contribution in [3.8, 4) is 0 Å². The van der Waals surface area contributed by atoms with Crippen molar-refractivity contribution in [3.63, 3.8) is 0 Å². The fraction of sp³-hybridized carbons (Fsp3) is 0.427. The third kappa shape index (κ3) is 26.3. The second kappa shape index (κ2) is 44.0. The molecule has 10 aromatic rings. The normalized spacial score (nSPS) is 17.8. The molecular formula is C96H103F13N14O17. The van der Waals surface area contributed by atoms with Crippen molar-refractivity contribution in [1.82, 2.24) is 25.8 Å². The first kappa shape index (κ1) is 107. The van der Waals surface area contributed by atoms with Crippen LogP contribution in [0.15, 0.2) is 174 Å². The molecule has 750 valence electrons. The van der Waals surface area contributed by atoms with E-state index in [1.807, 2.05) is 69.2 Å². The lowest BCUT2D eigenvalue weighted by Gasteiger charge is -2.24. The number of benzene rings is 5. The Morgan fingerprint density at radius 1 is 0.400 bits per heavy atom. The maximum Gasteiger partial charge on any atom is 0.416 e. The molecule has 15 rings (SSSR count). The number of anilines is 9. The van der Waals surface area contributed by atoms with Crippen molar-refractivity contribution in [2.75, 3.05) is 59.0 Å². The molecule has 0 radical (unpaired) electrons. The van der Waals surface area contributed by atoms with Crippen molar-refractivity contribution < 1.29 is 137 Å². The van der Waals surface area contributed by atoms with E-state index < -0.39 is 113 Å². The number of ketones is 1. The van der Waals surface area contributed by atoms with Gasteiger partial charge in [-0.05, 0) is 180 Å². The largest absolute Gasteiger partial charge is 0.416 e. The number of Topliss-reactive ketones (excluding diaryl/α,β-unsaturated/α-hetero) is 1. The van der Waals surface area contributed by atoms with E-state index in [1.165, 1.54) is 79.1 Å². The van der Waals surface area contributed by atoms with Gasteiger partial charge in [-0.25, -0.2) is 4.39 Å². The number of halogens is 13. The van der Waals surface area contributed by atoms with Crippen LogP contribution >= 0.6 is 0 Å². The van der Waals surface area contributed by atoms with E-state index >= 15 is 0 Å². The highest BCUT2D eigenvalue weighted by Gasteiger charge is 2.46. The predicted molar refractivity (Wildman–Crippen MR) is 482 cm³/mol. The highest BCUT2D eigenvalue weighted by molar-refractivity contribution is 6.11.